The minimum absolute atomic E-state index is 0.0269. The van der Waals surface area contributed by atoms with E-state index in [1.54, 1.807) is 6.07 Å². The average molecular weight is 495 g/mol. The Labute approximate surface area is 196 Å². The van der Waals surface area contributed by atoms with Crippen LogP contribution < -0.4 is 15.2 Å². The van der Waals surface area contributed by atoms with Crippen molar-refractivity contribution in [2.24, 2.45) is 0 Å². The molecule has 0 aliphatic heterocycles. The lowest BCUT2D eigenvalue weighted by Gasteiger charge is -2.13. The third-order valence-corrected chi connectivity index (χ3v) is 5.21. The van der Waals surface area contributed by atoms with E-state index in [4.69, 9.17) is 22.1 Å². The van der Waals surface area contributed by atoms with Gasteiger partial charge in [-0.2, -0.15) is 0 Å². The van der Waals surface area contributed by atoms with Crippen molar-refractivity contribution in [2.75, 3.05) is 17.6 Å². The van der Waals surface area contributed by atoms with Gasteiger partial charge in [0.15, 0.2) is 17.5 Å². The molecule has 0 aliphatic rings. The molecule has 4 aromatic rings. The highest BCUT2D eigenvalue weighted by Gasteiger charge is 2.22. The Morgan fingerprint density at radius 1 is 1.03 bits per heavy atom. The number of ether oxygens (including phenoxy) is 1. The molecule has 12 heteroatoms. The van der Waals surface area contributed by atoms with Gasteiger partial charge in [0.1, 0.15) is 5.82 Å². The van der Waals surface area contributed by atoms with Crippen LogP contribution in [-0.2, 0) is 0 Å². The van der Waals surface area contributed by atoms with E-state index < -0.39 is 23.0 Å². The van der Waals surface area contributed by atoms with E-state index >= 15 is 8.78 Å². The van der Waals surface area contributed by atoms with Gasteiger partial charge >= 0.3 is 0 Å². The topological polar surface area (TPSA) is 98.8 Å². The maximum atomic E-state index is 15.2. The van der Waals surface area contributed by atoms with Crippen LogP contribution in [-0.4, -0.2) is 27.0 Å². The van der Waals surface area contributed by atoms with Gasteiger partial charge in [-0.05, 0) is 30.1 Å². The van der Waals surface area contributed by atoms with E-state index in [2.05, 4.69) is 24.7 Å². The van der Waals surface area contributed by atoms with Gasteiger partial charge in [-0.15, -0.1) is 0 Å². The first kappa shape index (κ1) is 24.3. The van der Waals surface area contributed by atoms with Gasteiger partial charge in [-0.25, -0.2) is 33.1 Å². The van der Waals surface area contributed by atoms with E-state index in [0.717, 1.165) is 24.3 Å². The summed E-state index contributed by atoms with van der Waals surface area (Å²) in [5.41, 5.74) is 4.80. The van der Waals surface area contributed by atoms with Crippen molar-refractivity contribution in [2.45, 2.75) is 18.7 Å². The number of pyridine rings is 2. The molecular formula is C21H18ClF3N6OS. The third kappa shape index (κ3) is 5.04. The molecule has 3 heterocycles. The zero-order valence-corrected chi connectivity index (χ0v) is 19.2. The molecule has 0 amide bonds. The summed E-state index contributed by atoms with van der Waals surface area (Å²) in [7, 11) is 1.41. The van der Waals surface area contributed by atoms with Crippen molar-refractivity contribution in [1.29, 1.82) is 0 Å². The molecule has 0 saturated heterocycles. The number of benzene rings is 1. The van der Waals surface area contributed by atoms with Crippen LogP contribution in [0.4, 0.5) is 24.9 Å². The standard InChI is InChI=1S/C19H12ClF3N6OS.C2H6/c1-30-18-13(4-8(20)5-26-18)31-29-17-16(23)14(11(21)7-25-17)9-2-3-12-10(15(9)22)6-27-19(24)28-12;1-2/h2-7H,1H3,(H,25,29)(H2,24,27,28);1-2H3. The molecule has 0 aliphatic carbocycles. The van der Waals surface area contributed by atoms with Crippen LogP contribution in [0.1, 0.15) is 13.8 Å². The van der Waals surface area contributed by atoms with E-state index in [0.29, 0.717) is 9.92 Å². The molecule has 0 spiro atoms. The zero-order chi connectivity index (χ0) is 24.1. The molecule has 7 nitrogen and oxygen atoms in total. The number of anilines is 2. The highest BCUT2D eigenvalue weighted by molar-refractivity contribution is 8.00. The average Bonchev–Trinajstić information content (AvgIpc) is 2.81. The number of halogens is 4. The first-order valence-electron chi connectivity index (χ1n) is 9.56. The molecule has 0 atom stereocenters. The summed E-state index contributed by atoms with van der Waals surface area (Å²) < 4.78 is 52.5. The molecule has 0 unspecified atom stereocenters. The number of fused-ring (bicyclic) bond motifs is 1. The van der Waals surface area contributed by atoms with Crippen LogP contribution in [0.3, 0.4) is 0 Å². The molecule has 4 rings (SSSR count). The molecule has 0 bridgehead atoms. The Morgan fingerprint density at radius 3 is 2.52 bits per heavy atom. The van der Waals surface area contributed by atoms with Crippen LogP contribution in [0.5, 0.6) is 5.88 Å². The molecule has 3 N–H and O–H groups in total. The number of hydrogen-bond donors (Lipinski definition) is 2. The second-order valence-electron chi connectivity index (χ2n) is 6.10. The Balaban J connectivity index is 0.00000149. The van der Waals surface area contributed by atoms with Crippen LogP contribution >= 0.6 is 23.5 Å². The Bertz CT molecular complexity index is 1310. The van der Waals surface area contributed by atoms with Crippen molar-refractivity contribution in [3.8, 4) is 17.0 Å². The largest absolute Gasteiger partial charge is 0.480 e. The van der Waals surface area contributed by atoms with Gasteiger partial charge in [-0.3, -0.25) is 0 Å². The summed E-state index contributed by atoms with van der Waals surface area (Å²) in [5, 5.41) is 0.306. The van der Waals surface area contributed by atoms with Crippen molar-refractivity contribution < 1.29 is 17.9 Å². The van der Waals surface area contributed by atoms with Gasteiger partial charge in [0.2, 0.25) is 11.8 Å². The quantitative estimate of drug-likeness (QED) is 0.331. The summed E-state index contributed by atoms with van der Waals surface area (Å²) in [6, 6.07) is 4.16. The fraction of sp³-hybridized carbons (Fsp3) is 0.143. The SMILES string of the molecule is CC.COc1ncc(Cl)cc1SNc1ncc(F)c(-c2ccc3nc(N)ncc3c2F)c1F. The fourth-order valence-corrected chi connectivity index (χ4v) is 3.78. The molecule has 0 saturated carbocycles. The van der Waals surface area contributed by atoms with Crippen molar-refractivity contribution >= 4 is 46.2 Å². The molecule has 0 radical (unpaired) electrons. The zero-order valence-electron chi connectivity index (χ0n) is 17.7. The molecule has 1 aromatic carbocycles. The van der Waals surface area contributed by atoms with Crippen molar-refractivity contribution in [3.05, 3.63) is 59.3 Å². The third-order valence-electron chi connectivity index (χ3n) is 4.20. The van der Waals surface area contributed by atoms with Gasteiger partial charge in [0, 0.05) is 18.0 Å². The smallest absolute Gasteiger partial charge is 0.228 e. The van der Waals surface area contributed by atoms with E-state index in [9.17, 15) is 4.39 Å². The lowest BCUT2D eigenvalue weighted by atomic mass is 10.0. The number of hydrogen-bond acceptors (Lipinski definition) is 8. The molecule has 0 fully saturated rings. The predicted octanol–water partition coefficient (Wildman–Crippen LogP) is 5.89. The first-order chi connectivity index (χ1) is 15.9. The van der Waals surface area contributed by atoms with Gasteiger partial charge in [-0.1, -0.05) is 25.4 Å². The second kappa shape index (κ2) is 10.5. The lowest BCUT2D eigenvalue weighted by Crippen LogP contribution is -2.03. The summed E-state index contributed by atoms with van der Waals surface area (Å²) in [6.07, 6.45) is 3.33. The Hall–Kier alpha value is -3.31. The molecule has 172 valence electrons. The summed E-state index contributed by atoms with van der Waals surface area (Å²) in [4.78, 5) is 15.8. The first-order valence-corrected chi connectivity index (χ1v) is 10.8. The van der Waals surface area contributed by atoms with E-state index in [-0.39, 0.29) is 34.1 Å². The Kier molecular flexibility index (Phi) is 7.77. The van der Waals surface area contributed by atoms with Crippen molar-refractivity contribution in [3.63, 3.8) is 0 Å². The summed E-state index contributed by atoms with van der Waals surface area (Å²) in [5.74, 6) is -3.14. The maximum absolute atomic E-state index is 15.2. The van der Waals surface area contributed by atoms with Gasteiger partial charge in [0.05, 0.1) is 39.7 Å². The lowest BCUT2D eigenvalue weighted by molar-refractivity contribution is 0.387. The predicted molar refractivity (Wildman–Crippen MR) is 124 cm³/mol. The molecule has 33 heavy (non-hydrogen) atoms. The summed E-state index contributed by atoms with van der Waals surface area (Å²) >= 11 is 6.83. The van der Waals surface area contributed by atoms with Crippen LogP contribution in [0.2, 0.25) is 5.02 Å². The van der Waals surface area contributed by atoms with E-state index in [1.807, 2.05) is 13.8 Å². The molecule has 3 aromatic heterocycles. The monoisotopic (exact) mass is 494 g/mol. The highest BCUT2D eigenvalue weighted by Crippen LogP contribution is 2.36. The number of nitrogen functional groups attached to an aromatic ring is 1. The van der Waals surface area contributed by atoms with Crippen LogP contribution in [0.25, 0.3) is 22.0 Å². The number of rotatable bonds is 5. The fourth-order valence-electron chi connectivity index (χ4n) is 2.80. The molecular weight excluding hydrogens is 477 g/mol. The number of nitrogens with one attached hydrogen (secondary N) is 1. The normalized spacial score (nSPS) is 10.5. The van der Waals surface area contributed by atoms with Gasteiger partial charge in [0.25, 0.3) is 0 Å². The van der Waals surface area contributed by atoms with Crippen LogP contribution in [0, 0.1) is 17.5 Å². The van der Waals surface area contributed by atoms with Gasteiger partial charge < -0.3 is 15.2 Å². The number of methoxy groups -OCH3 is 1. The number of nitrogens with two attached hydrogens (primary N) is 1. The Morgan fingerprint density at radius 2 is 1.79 bits per heavy atom. The van der Waals surface area contributed by atoms with Crippen LogP contribution in [0.15, 0.2) is 41.7 Å². The van der Waals surface area contributed by atoms with E-state index in [1.165, 1.54) is 25.4 Å². The minimum atomic E-state index is -1.09. The maximum Gasteiger partial charge on any atom is 0.228 e. The number of nitrogens with zero attached hydrogens (tertiary/aromatic N) is 4. The second-order valence-corrected chi connectivity index (χ2v) is 7.38. The summed E-state index contributed by atoms with van der Waals surface area (Å²) in [6.45, 7) is 4.00. The van der Waals surface area contributed by atoms with Crippen molar-refractivity contribution in [1.82, 2.24) is 19.9 Å². The minimum Gasteiger partial charge on any atom is -0.480 e. The number of aromatic nitrogens is 4. The highest BCUT2D eigenvalue weighted by atomic mass is 35.5.